The number of rotatable bonds is 4. The van der Waals surface area contributed by atoms with Gasteiger partial charge in [0.25, 0.3) is 0 Å². The zero-order valence-corrected chi connectivity index (χ0v) is 20.1. The largest absolute Gasteiger partial charge is 0.459 e. The number of esters is 1. The van der Waals surface area contributed by atoms with E-state index in [1.54, 1.807) is 27.7 Å². The lowest BCUT2D eigenvalue weighted by Gasteiger charge is -2.63. The Morgan fingerprint density at radius 3 is 2.55 bits per heavy atom. The van der Waals surface area contributed by atoms with Crippen molar-refractivity contribution >= 4 is 29.1 Å². The van der Waals surface area contributed by atoms with Crippen LogP contribution in [-0.2, 0) is 19.1 Å². The standard InChI is InChI=1S/C25H31ClF2O5/c1-5-21(31)33-20-11-23(4)15(8-13(2)25(23,32)19(30)12-26)16-10-18(27)17-9-14(29)6-7-22(17,3)24(16,20)28/h6-7,9,13,15-16,18,20,32H,5,8,10-12H2,1-4H3/t13-,15-,16-,18-,20-,22-,23-,24-,25-/m0/s1. The van der Waals surface area contributed by atoms with Crippen LogP contribution in [0.4, 0.5) is 8.78 Å². The van der Waals surface area contributed by atoms with E-state index in [2.05, 4.69) is 0 Å². The van der Waals surface area contributed by atoms with E-state index in [0.29, 0.717) is 6.42 Å². The maximum Gasteiger partial charge on any atom is 0.305 e. The number of ether oxygens (including phenoxy) is 1. The van der Waals surface area contributed by atoms with Gasteiger partial charge >= 0.3 is 5.97 Å². The number of halogens is 3. The monoisotopic (exact) mass is 484 g/mol. The van der Waals surface area contributed by atoms with E-state index in [4.69, 9.17) is 16.3 Å². The Hall–Kier alpha value is -1.60. The van der Waals surface area contributed by atoms with Gasteiger partial charge in [0, 0.05) is 23.2 Å². The van der Waals surface area contributed by atoms with Gasteiger partial charge in [-0.2, -0.15) is 0 Å². The smallest absolute Gasteiger partial charge is 0.305 e. The van der Waals surface area contributed by atoms with Crippen molar-refractivity contribution in [1.29, 1.82) is 0 Å². The SMILES string of the molecule is CCC(=O)O[C@H]1C[C@@]2(C)[C@@H](C[C@H](C)[C@]2(O)C(=O)CCl)[C@@H]2C[C@H](F)C3=CC(=O)C=C[C@]3(C)[C@@]12F. The van der Waals surface area contributed by atoms with Crippen LogP contribution < -0.4 is 0 Å². The van der Waals surface area contributed by atoms with Crippen molar-refractivity contribution in [3.63, 3.8) is 0 Å². The van der Waals surface area contributed by atoms with Crippen LogP contribution in [0.15, 0.2) is 23.8 Å². The molecule has 3 saturated carbocycles. The van der Waals surface area contributed by atoms with Gasteiger partial charge in [0.1, 0.15) is 17.9 Å². The zero-order valence-electron chi connectivity index (χ0n) is 19.4. The number of hydrogen-bond acceptors (Lipinski definition) is 5. The fraction of sp³-hybridized carbons (Fsp3) is 0.720. The average molecular weight is 485 g/mol. The molecule has 4 aliphatic carbocycles. The maximum absolute atomic E-state index is 17.6. The van der Waals surface area contributed by atoms with E-state index in [1.807, 2.05) is 0 Å². The second kappa shape index (κ2) is 7.70. The first-order valence-corrected chi connectivity index (χ1v) is 12.1. The highest BCUT2D eigenvalue weighted by Crippen LogP contribution is 2.71. The third kappa shape index (κ3) is 2.94. The normalized spacial score (nSPS) is 48.4. The molecule has 0 aliphatic heterocycles. The van der Waals surface area contributed by atoms with Gasteiger partial charge in [-0.05, 0) is 55.7 Å². The number of Topliss-reactive ketones (excluding diaryl/α,β-unsaturated/α-hetero) is 1. The Balaban J connectivity index is 1.92. The molecule has 0 spiro atoms. The van der Waals surface area contributed by atoms with E-state index in [-0.39, 0.29) is 24.8 Å². The van der Waals surface area contributed by atoms with E-state index in [0.717, 1.165) is 6.08 Å². The summed E-state index contributed by atoms with van der Waals surface area (Å²) in [6.45, 7) is 6.57. The summed E-state index contributed by atoms with van der Waals surface area (Å²) in [5.41, 5.74) is -6.69. The van der Waals surface area contributed by atoms with E-state index in [9.17, 15) is 19.5 Å². The maximum atomic E-state index is 17.6. The molecule has 0 radical (unpaired) electrons. The first kappa shape index (κ1) is 24.5. The molecule has 4 aliphatic rings. The van der Waals surface area contributed by atoms with Gasteiger partial charge < -0.3 is 9.84 Å². The molecular formula is C25H31ClF2O5. The number of alkyl halides is 3. The van der Waals surface area contributed by atoms with Crippen molar-refractivity contribution in [3.05, 3.63) is 23.8 Å². The van der Waals surface area contributed by atoms with Gasteiger partial charge in [-0.25, -0.2) is 8.78 Å². The topological polar surface area (TPSA) is 80.7 Å². The molecule has 0 aromatic carbocycles. The van der Waals surface area contributed by atoms with Crippen molar-refractivity contribution in [3.8, 4) is 0 Å². The molecule has 4 rings (SSSR count). The summed E-state index contributed by atoms with van der Waals surface area (Å²) in [5, 5.41) is 11.7. The molecule has 182 valence electrons. The third-order valence-corrected chi connectivity index (χ3v) is 9.54. The highest BCUT2D eigenvalue weighted by molar-refractivity contribution is 6.29. The van der Waals surface area contributed by atoms with Gasteiger partial charge in [-0.15, -0.1) is 11.6 Å². The number of carbonyl (C=O) groups is 3. The number of aliphatic hydroxyl groups is 1. The Morgan fingerprint density at radius 1 is 1.27 bits per heavy atom. The molecule has 0 aromatic rings. The Bertz CT molecular complexity index is 964. The molecule has 9 atom stereocenters. The predicted molar refractivity (Wildman–Crippen MR) is 118 cm³/mol. The molecule has 0 aromatic heterocycles. The molecule has 0 saturated heterocycles. The minimum Gasteiger partial charge on any atom is -0.459 e. The summed E-state index contributed by atoms with van der Waals surface area (Å²) in [5.74, 6) is -4.02. The fourth-order valence-electron chi connectivity index (χ4n) is 7.57. The highest BCUT2D eigenvalue weighted by Gasteiger charge is 2.77. The number of fused-ring (bicyclic) bond motifs is 5. The molecule has 0 amide bonds. The highest BCUT2D eigenvalue weighted by atomic mass is 35.5. The molecule has 0 bridgehead atoms. The Kier molecular flexibility index (Phi) is 5.73. The zero-order chi connectivity index (χ0) is 24.6. The molecule has 33 heavy (non-hydrogen) atoms. The quantitative estimate of drug-likeness (QED) is 0.481. The predicted octanol–water partition coefficient (Wildman–Crippen LogP) is 4.05. The van der Waals surface area contributed by atoms with Gasteiger partial charge in [-0.1, -0.05) is 26.8 Å². The van der Waals surface area contributed by atoms with Crippen LogP contribution in [0.25, 0.3) is 0 Å². The van der Waals surface area contributed by atoms with Crippen molar-refractivity contribution in [2.24, 2.45) is 28.6 Å². The van der Waals surface area contributed by atoms with Crippen molar-refractivity contribution in [2.45, 2.75) is 76.9 Å². The Morgan fingerprint density at radius 2 is 1.94 bits per heavy atom. The van der Waals surface area contributed by atoms with Crippen LogP contribution in [0, 0.1) is 28.6 Å². The summed E-state index contributed by atoms with van der Waals surface area (Å²) in [6, 6.07) is 0. The van der Waals surface area contributed by atoms with Crippen LogP contribution in [0.3, 0.4) is 0 Å². The van der Waals surface area contributed by atoms with Crippen LogP contribution in [0.5, 0.6) is 0 Å². The first-order chi connectivity index (χ1) is 15.3. The van der Waals surface area contributed by atoms with Gasteiger partial charge in [0.05, 0.1) is 5.88 Å². The van der Waals surface area contributed by atoms with Crippen LogP contribution >= 0.6 is 11.6 Å². The van der Waals surface area contributed by atoms with Crippen molar-refractivity contribution in [1.82, 2.24) is 0 Å². The number of ketones is 2. The van der Waals surface area contributed by atoms with Gasteiger partial charge in [0.2, 0.25) is 0 Å². The number of hydrogen-bond donors (Lipinski definition) is 1. The van der Waals surface area contributed by atoms with Crippen molar-refractivity contribution < 1.29 is 33.0 Å². The van der Waals surface area contributed by atoms with E-state index < -0.39 is 75.5 Å². The van der Waals surface area contributed by atoms with Crippen molar-refractivity contribution in [2.75, 3.05) is 5.88 Å². The molecule has 8 heteroatoms. The number of carbonyl (C=O) groups excluding carboxylic acids is 3. The average Bonchev–Trinajstić information content (AvgIpc) is 2.97. The van der Waals surface area contributed by atoms with E-state index in [1.165, 1.54) is 12.2 Å². The Labute approximate surface area is 197 Å². The molecule has 0 heterocycles. The second-order valence-electron chi connectivity index (χ2n) is 10.6. The first-order valence-electron chi connectivity index (χ1n) is 11.6. The third-order valence-electron chi connectivity index (χ3n) is 9.29. The van der Waals surface area contributed by atoms with Crippen LogP contribution in [0.2, 0.25) is 0 Å². The lowest BCUT2D eigenvalue weighted by atomic mass is 9.44. The summed E-state index contributed by atoms with van der Waals surface area (Å²) >= 11 is 5.86. The van der Waals surface area contributed by atoms with Crippen LogP contribution in [-0.4, -0.2) is 52.1 Å². The molecule has 1 N–H and O–H groups in total. The summed E-state index contributed by atoms with van der Waals surface area (Å²) in [6.07, 6.45) is 0.858. The summed E-state index contributed by atoms with van der Waals surface area (Å²) in [7, 11) is 0. The molecular weight excluding hydrogens is 454 g/mol. The fourth-order valence-corrected chi connectivity index (χ4v) is 7.77. The molecule has 0 unspecified atom stereocenters. The minimum absolute atomic E-state index is 0.0120. The summed E-state index contributed by atoms with van der Waals surface area (Å²) < 4.78 is 38.8. The summed E-state index contributed by atoms with van der Waals surface area (Å²) in [4.78, 5) is 37.3. The van der Waals surface area contributed by atoms with Gasteiger partial charge in [-0.3, -0.25) is 14.4 Å². The number of allylic oxidation sites excluding steroid dienone is 4. The lowest BCUT2D eigenvalue weighted by molar-refractivity contribution is -0.233. The lowest BCUT2D eigenvalue weighted by Crippen LogP contribution is -2.71. The van der Waals surface area contributed by atoms with E-state index >= 15 is 8.78 Å². The van der Waals surface area contributed by atoms with Crippen LogP contribution in [0.1, 0.15) is 53.4 Å². The minimum atomic E-state index is -2.22. The molecule has 5 nitrogen and oxygen atoms in total. The van der Waals surface area contributed by atoms with Gasteiger partial charge in [0.15, 0.2) is 17.2 Å². The second-order valence-corrected chi connectivity index (χ2v) is 10.9. The molecule has 3 fully saturated rings.